The van der Waals surface area contributed by atoms with Crippen LogP contribution in [0.15, 0.2) is 29.4 Å². The largest absolute Gasteiger partial charge is 0.586 e. The number of aliphatic hydroxyl groups excluding tert-OH is 1. The van der Waals surface area contributed by atoms with E-state index in [1.165, 1.54) is 27.7 Å². The maximum absolute atomic E-state index is 13.1. The molecule has 1 aliphatic rings. The Morgan fingerprint density at radius 3 is 2.75 bits per heavy atom. The van der Waals surface area contributed by atoms with Crippen molar-refractivity contribution in [3.63, 3.8) is 0 Å². The van der Waals surface area contributed by atoms with Crippen molar-refractivity contribution < 1.29 is 28.2 Å². The maximum atomic E-state index is 13.1. The number of fused-ring (bicyclic) bond motifs is 1. The molecule has 1 aromatic carbocycles. The van der Waals surface area contributed by atoms with Gasteiger partial charge in [0.1, 0.15) is 0 Å². The molecule has 0 saturated heterocycles. The number of hydrogen-bond acceptors (Lipinski definition) is 5. The highest BCUT2D eigenvalue weighted by Crippen LogP contribution is 2.41. The second-order valence-corrected chi connectivity index (χ2v) is 6.19. The van der Waals surface area contributed by atoms with E-state index in [2.05, 4.69) is 14.5 Å². The number of aromatic nitrogens is 1. The van der Waals surface area contributed by atoms with Crippen molar-refractivity contribution in [2.75, 3.05) is 14.1 Å². The molecule has 2 amide bonds. The molecule has 2 heterocycles. The Morgan fingerprint density at radius 2 is 2.08 bits per heavy atom. The number of carbonyl (C=O) groups excluding carboxylic acids is 1. The molecule has 10 heteroatoms. The van der Waals surface area contributed by atoms with E-state index in [1.54, 1.807) is 20.3 Å². The summed E-state index contributed by atoms with van der Waals surface area (Å²) in [5.74, 6) is -0.198. The van der Waals surface area contributed by atoms with Crippen LogP contribution in [0.4, 0.5) is 13.6 Å². The van der Waals surface area contributed by atoms with Crippen LogP contribution in [0.25, 0.3) is 5.69 Å². The molecule has 0 aliphatic carbocycles. The van der Waals surface area contributed by atoms with Gasteiger partial charge in [-0.3, -0.25) is 4.57 Å². The zero-order valence-corrected chi connectivity index (χ0v) is 13.5. The number of benzene rings is 1. The normalized spacial score (nSPS) is 15.6. The summed E-state index contributed by atoms with van der Waals surface area (Å²) in [4.78, 5) is 17.9. The number of ether oxygens (including phenoxy) is 2. The Kier molecular flexibility index (Phi) is 4.01. The third kappa shape index (κ3) is 3.10. The lowest BCUT2D eigenvalue weighted by Gasteiger charge is -2.06. The van der Waals surface area contributed by atoms with Crippen LogP contribution in [-0.4, -0.2) is 41.0 Å². The molecule has 7 nitrogen and oxygen atoms in total. The van der Waals surface area contributed by atoms with Crippen molar-refractivity contribution >= 4 is 17.4 Å². The first-order valence-electron chi connectivity index (χ1n) is 6.77. The minimum atomic E-state index is -3.70. The first-order valence-corrected chi connectivity index (χ1v) is 7.59. The predicted molar refractivity (Wildman–Crippen MR) is 80.4 cm³/mol. The Bertz CT molecular complexity index is 860. The van der Waals surface area contributed by atoms with E-state index in [0.717, 1.165) is 11.3 Å². The monoisotopic (exact) mass is 357 g/mol. The molecule has 24 heavy (non-hydrogen) atoms. The van der Waals surface area contributed by atoms with Gasteiger partial charge in [-0.15, -0.1) is 8.78 Å². The van der Waals surface area contributed by atoms with E-state index >= 15 is 0 Å². The summed E-state index contributed by atoms with van der Waals surface area (Å²) in [7, 11) is 3.11. The lowest BCUT2D eigenvalue weighted by Crippen LogP contribution is -2.26. The van der Waals surface area contributed by atoms with Crippen molar-refractivity contribution in [1.29, 1.82) is 0 Å². The van der Waals surface area contributed by atoms with E-state index < -0.39 is 12.3 Å². The van der Waals surface area contributed by atoms with Crippen LogP contribution in [-0.2, 0) is 6.61 Å². The van der Waals surface area contributed by atoms with Gasteiger partial charge in [0, 0.05) is 26.4 Å². The molecule has 0 unspecified atom stereocenters. The number of carbonyl (C=O) groups is 1. The molecule has 0 radical (unpaired) electrons. The number of rotatable bonds is 2. The van der Waals surface area contributed by atoms with E-state index in [9.17, 15) is 18.7 Å². The first-order chi connectivity index (χ1) is 11.3. The van der Waals surface area contributed by atoms with Crippen LogP contribution in [0.2, 0.25) is 0 Å². The molecule has 1 N–H and O–H groups in total. The zero-order valence-electron chi connectivity index (χ0n) is 12.7. The molecule has 0 bridgehead atoms. The number of aliphatic hydroxyl groups is 1. The third-order valence-electron chi connectivity index (χ3n) is 3.09. The Hall–Kier alpha value is -2.46. The number of hydrogen-bond donors (Lipinski definition) is 1. The molecule has 1 aliphatic heterocycles. The lowest BCUT2D eigenvalue weighted by atomic mass is 10.3. The average Bonchev–Trinajstić information content (AvgIpc) is 3.04. The van der Waals surface area contributed by atoms with Crippen molar-refractivity contribution in [1.82, 2.24) is 9.47 Å². The molecule has 3 rings (SSSR count). The van der Waals surface area contributed by atoms with Gasteiger partial charge in [0.2, 0.25) is 0 Å². The molecule has 0 saturated carbocycles. The highest BCUT2D eigenvalue weighted by atomic mass is 32.1. The summed E-state index contributed by atoms with van der Waals surface area (Å²) in [5, 5.41) is 9.31. The summed E-state index contributed by atoms with van der Waals surface area (Å²) in [6, 6.07) is 3.73. The van der Waals surface area contributed by atoms with Gasteiger partial charge < -0.3 is 19.5 Å². The van der Waals surface area contributed by atoms with E-state index in [-0.39, 0.29) is 18.1 Å². The summed E-state index contributed by atoms with van der Waals surface area (Å²) in [6.45, 7) is -0.237. The van der Waals surface area contributed by atoms with Gasteiger partial charge >= 0.3 is 12.3 Å². The third-order valence-corrected chi connectivity index (χ3v) is 4.06. The Morgan fingerprint density at radius 1 is 1.38 bits per heavy atom. The number of alkyl halides is 2. The molecule has 128 valence electrons. The SMILES string of the molecule is CN(C)C(=O)N=c1sc(CO)cn1-c1ccc2c(c1)OC(F)(F)O2. The van der Waals surface area contributed by atoms with Gasteiger partial charge in [0.25, 0.3) is 0 Å². The fourth-order valence-corrected chi connectivity index (χ4v) is 2.83. The van der Waals surface area contributed by atoms with Crippen LogP contribution in [0.1, 0.15) is 4.88 Å². The average molecular weight is 357 g/mol. The lowest BCUT2D eigenvalue weighted by molar-refractivity contribution is -0.286. The van der Waals surface area contributed by atoms with Gasteiger partial charge in [-0.25, -0.2) is 4.79 Å². The predicted octanol–water partition coefficient (Wildman–Crippen LogP) is 1.93. The molecule has 1 aromatic heterocycles. The van der Waals surface area contributed by atoms with E-state index in [1.807, 2.05) is 0 Å². The summed E-state index contributed by atoms with van der Waals surface area (Å²) >= 11 is 1.11. The number of halogens is 2. The maximum Gasteiger partial charge on any atom is 0.586 e. The van der Waals surface area contributed by atoms with E-state index in [4.69, 9.17) is 0 Å². The summed E-state index contributed by atoms with van der Waals surface area (Å²) in [6.07, 6.45) is -2.13. The highest BCUT2D eigenvalue weighted by Gasteiger charge is 2.43. The Labute approximate surface area is 139 Å². The minimum absolute atomic E-state index is 0.0789. The fraction of sp³-hybridized carbons (Fsp3) is 0.286. The van der Waals surface area contributed by atoms with Crippen LogP contribution >= 0.6 is 11.3 Å². The molecule has 0 atom stereocenters. The van der Waals surface area contributed by atoms with Gasteiger partial charge in [-0.05, 0) is 12.1 Å². The fourth-order valence-electron chi connectivity index (χ4n) is 2.00. The van der Waals surface area contributed by atoms with Crippen LogP contribution < -0.4 is 14.3 Å². The number of amides is 2. The summed E-state index contributed by atoms with van der Waals surface area (Å²) in [5.41, 5.74) is 0.441. The second-order valence-electron chi connectivity index (χ2n) is 5.10. The minimum Gasteiger partial charge on any atom is -0.395 e. The van der Waals surface area contributed by atoms with Crippen molar-refractivity contribution in [2.24, 2.45) is 4.99 Å². The van der Waals surface area contributed by atoms with Gasteiger partial charge in [-0.1, -0.05) is 11.3 Å². The molecule has 2 aromatic rings. The summed E-state index contributed by atoms with van der Waals surface area (Å²) < 4.78 is 36.5. The zero-order chi connectivity index (χ0) is 17.5. The molecule has 0 spiro atoms. The number of nitrogens with zero attached hydrogens (tertiary/aromatic N) is 3. The van der Waals surface area contributed by atoms with Crippen molar-refractivity contribution in [2.45, 2.75) is 12.9 Å². The molecular formula is C14H13F2N3O4S. The van der Waals surface area contributed by atoms with Gasteiger partial charge in [0.05, 0.1) is 17.2 Å². The van der Waals surface area contributed by atoms with Gasteiger partial charge in [0.15, 0.2) is 16.3 Å². The highest BCUT2D eigenvalue weighted by molar-refractivity contribution is 7.09. The van der Waals surface area contributed by atoms with Crippen LogP contribution in [0.5, 0.6) is 11.5 Å². The standard InChI is InChI=1S/C14H13F2N3O4S/c1-18(2)12(21)17-13-19(6-9(7-20)24-13)8-3-4-10-11(5-8)23-14(15,16)22-10/h3-6,20H,7H2,1-2H3. The van der Waals surface area contributed by atoms with Crippen molar-refractivity contribution in [3.05, 3.63) is 34.1 Å². The number of urea groups is 1. The van der Waals surface area contributed by atoms with Crippen molar-refractivity contribution in [3.8, 4) is 17.2 Å². The van der Waals surface area contributed by atoms with Gasteiger partial charge in [-0.2, -0.15) is 4.99 Å². The first kappa shape index (κ1) is 16.4. The van der Waals surface area contributed by atoms with Crippen LogP contribution in [0.3, 0.4) is 0 Å². The topological polar surface area (TPSA) is 76.3 Å². The molecule has 0 fully saturated rings. The second kappa shape index (κ2) is 5.87. The smallest absolute Gasteiger partial charge is 0.395 e. The van der Waals surface area contributed by atoms with E-state index in [0.29, 0.717) is 15.4 Å². The van der Waals surface area contributed by atoms with Crippen LogP contribution in [0, 0.1) is 0 Å². The Balaban J connectivity index is 2.08. The molecular weight excluding hydrogens is 344 g/mol. The quantitative estimate of drug-likeness (QED) is 0.891. The number of thiazole rings is 1.